The number of piperazine rings is 1. The molecule has 0 radical (unpaired) electrons. The van der Waals surface area contributed by atoms with Gasteiger partial charge in [0.1, 0.15) is 0 Å². The number of carbonyl (C=O) groups is 2. The first-order chi connectivity index (χ1) is 14.6. The molecule has 0 aliphatic carbocycles. The molecule has 2 aliphatic heterocycles. The topological polar surface area (TPSA) is 80.8 Å². The molecule has 0 spiro atoms. The summed E-state index contributed by atoms with van der Waals surface area (Å²) in [6, 6.07) is 9.22. The Balaban J connectivity index is 1.26. The van der Waals surface area contributed by atoms with Crippen molar-refractivity contribution in [3.8, 4) is 5.75 Å². The number of nitrogens with zero attached hydrogens (tertiary/aromatic N) is 4. The standard InChI is InChI=1S/C22H24N4O4/c1-29-18-7-4-5-15-13-19(30-20(15)18)22(28)25-11-9-24(10-12-25)21(27)17-14-16-6-2-3-8-26(16)23-17/h4-5,7,13-14H,2-3,6,8-12H2,1H3. The van der Waals surface area contributed by atoms with Crippen LogP contribution < -0.4 is 4.74 Å². The van der Waals surface area contributed by atoms with Gasteiger partial charge in [-0.2, -0.15) is 5.10 Å². The summed E-state index contributed by atoms with van der Waals surface area (Å²) >= 11 is 0. The molecular weight excluding hydrogens is 384 g/mol. The maximum absolute atomic E-state index is 12.9. The summed E-state index contributed by atoms with van der Waals surface area (Å²) in [6.45, 7) is 2.78. The molecule has 0 saturated carbocycles. The number of furan rings is 1. The van der Waals surface area contributed by atoms with Gasteiger partial charge in [-0.05, 0) is 37.5 Å². The average molecular weight is 408 g/mol. The number of aryl methyl sites for hydroxylation is 2. The summed E-state index contributed by atoms with van der Waals surface area (Å²) in [4.78, 5) is 29.3. The second-order valence-corrected chi connectivity index (χ2v) is 7.77. The fraction of sp³-hybridized carbons (Fsp3) is 0.409. The van der Waals surface area contributed by atoms with Crippen LogP contribution in [-0.2, 0) is 13.0 Å². The maximum Gasteiger partial charge on any atom is 0.289 e. The number of amides is 2. The number of ether oxygens (including phenoxy) is 1. The van der Waals surface area contributed by atoms with Gasteiger partial charge in [-0.25, -0.2) is 0 Å². The molecule has 8 nitrogen and oxygen atoms in total. The van der Waals surface area contributed by atoms with Gasteiger partial charge in [0.25, 0.3) is 11.8 Å². The monoisotopic (exact) mass is 408 g/mol. The zero-order valence-corrected chi connectivity index (χ0v) is 17.0. The van der Waals surface area contributed by atoms with E-state index in [1.807, 2.05) is 22.9 Å². The van der Waals surface area contributed by atoms with Crippen LogP contribution in [0.4, 0.5) is 0 Å². The van der Waals surface area contributed by atoms with Crippen LogP contribution >= 0.6 is 0 Å². The van der Waals surface area contributed by atoms with E-state index in [1.54, 1.807) is 29.0 Å². The Morgan fingerprint density at radius 3 is 2.50 bits per heavy atom. The molecule has 5 rings (SSSR count). The molecule has 4 heterocycles. The number of para-hydroxylation sites is 1. The van der Waals surface area contributed by atoms with Crippen LogP contribution in [0.5, 0.6) is 5.75 Å². The number of fused-ring (bicyclic) bond motifs is 2. The molecule has 1 aromatic carbocycles. The van der Waals surface area contributed by atoms with E-state index in [0.717, 1.165) is 36.9 Å². The second-order valence-electron chi connectivity index (χ2n) is 7.77. The van der Waals surface area contributed by atoms with Gasteiger partial charge in [-0.1, -0.05) is 12.1 Å². The highest BCUT2D eigenvalue weighted by molar-refractivity contribution is 5.97. The summed E-state index contributed by atoms with van der Waals surface area (Å²) in [5.41, 5.74) is 2.22. The van der Waals surface area contributed by atoms with Crippen molar-refractivity contribution >= 4 is 22.8 Å². The summed E-state index contributed by atoms with van der Waals surface area (Å²) in [5, 5.41) is 5.32. The first kappa shape index (κ1) is 18.7. The molecule has 2 amide bonds. The number of rotatable bonds is 3. The van der Waals surface area contributed by atoms with E-state index in [-0.39, 0.29) is 17.6 Å². The molecule has 2 aliphatic rings. The van der Waals surface area contributed by atoms with Gasteiger partial charge < -0.3 is 19.0 Å². The summed E-state index contributed by atoms with van der Waals surface area (Å²) in [5.74, 6) is 0.663. The lowest BCUT2D eigenvalue weighted by Crippen LogP contribution is -2.50. The Labute approximate surface area is 174 Å². The molecule has 1 fully saturated rings. The fourth-order valence-electron chi connectivity index (χ4n) is 4.26. The van der Waals surface area contributed by atoms with Gasteiger partial charge in [0, 0.05) is 43.8 Å². The van der Waals surface area contributed by atoms with Crippen LogP contribution in [0, 0.1) is 0 Å². The van der Waals surface area contributed by atoms with Crippen LogP contribution in [0.1, 0.15) is 39.6 Å². The summed E-state index contributed by atoms with van der Waals surface area (Å²) in [7, 11) is 1.57. The van der Waals surface area contributed by atoms with E-state index < -0.39 is 0 Å². The third-order valence-corrected chi connectivity index (χ3v) is 5.93. The van der Waals surface area contributed by atoms with E-state index in [4.69, 9.17) is 9.15 Å². The third-order valence-electron chi connectivity index (χ3n) is 5.93. The van der Waals surface area contributed by atoms with Crippen molar-refractivity contribution in [1.82, 2.24) is 19.6 Å². The Morgan fingerprint density at radius 1 is 1.00 bits per heavy atom. The highest BCUT2D eigenvalue weighted by atomic mass is 16.5. The molecule has 30 heavy (non-hydrogen) atoms. The number of carbonyl (C=O) groups excluding carboxylic acids is 2. The number of methoxy groups -OCH3 is 1. The Hall–Kier alpha value is -3.29. The van der Waals surface area contributed by atoms with E-state index in [9.17, 15) is 9.59 Å². The minimum Gasteiger partial charge on any atom is -0.493 e. The smallest absolute Gasteiger partial charge is 0.289 e. The quantitative estimate of drug-likeness (QED) is 0.665. The molecule has 0 N–H and O–H groups in total. The SMILES string of the molecule is COc1cccc2cc(C(=O)N3CCN(C(=O)c4cc5n(n4)CCCC5)CC3)oc12. The third kappa shape index (κ3) is 3.22. The van der Waals surface area contributed by atoms with Gasteiger partial charge in [0.15, 0.2) is 22.8 Å². The number of aromatic nitrogens is 2. The fourth-order valence-corrected chi connectivity index (χ4v) is 4.26. The molecule has 8 heteroatoms. The van der Waals surface area contributed by atoms with Crippen molar-refractivity contribution in [1.29, 1.82) is 0 Å². The predicted octanol–water partition coefficient (Wildman–Crippen LogP) is 2.57. The van der Waals surface area contributed by atoms with Gasteiger partial charge in [-0.3, -0.25) is 14.3 Å². The lowest BCUT2D eigenvalue weighted by atomic mass is 10.1. The highest BCUT2D eigenvalue weighted by Gasteiger charge is 2.29. The molecule has 0 atom stereocenters. The maximum atomic E-state index is 12.9. The molecule has 3 aromatic rings. The summed E-state index contributed by atoms with van der Waals surface area (Å²) < 4.78 is 13.0. The van der Waals surface area contributed by atoms with Crippen LogP contribution in [0.25, 0.3) is 11.0 Å². The first-order valence-corrected chi connectivity index (χ1v) is 10.4. The van der Waals surface area contributed by atoms with Gasteiger partial charge in [0.05, 0.1) is 7.11 Å². The van der Waals surface area contributed by atoms with E-state index in [2.05, 4.69) is 5.10 Å². The minimum atomic E-state index is -0.169. The van der Waals surface area contributed by atoms with Crippen LogP contribution in [-0.4, -0.2) is 64.7 Å². The highest BCUT2D eigenvalue weighted by Crippen LogP contribution is 2.29. The van der Waals surface area contributed by atoms with Crippen molar-refractivity contribution in [2.45, 2.75) is 25.8 Å². The predicted molar refractivity (Wildman–Crippen MR) is 110 cm³/mol. The van der Waals surface area contributed by atoms with Crippen LogP contribution in [0.15, 0.2) is 34.7 Å². The van der Waals surface area contributed by atoms with E-state index in [0.29, 0.717) is 43.2 Å². The number of benzene rings is 1. The van der Waals surface area contributed by atoms with E-state index >= 15 is 0 Å². The van der Waals surface area contributed by atoms with Crippen molar-refractivity contribution in [3.63, 3.8) is 0 Å². The van der Waals surface area contributed by atoms with Crippen LogP contribution in [0.3, 0.4) is 0 Å². The largest absolute Gasteiger partial charge is 0.493 e. The van der Waals surface area contributed by atoms with Gasteiger partial charge in [-0.15, -0.1) is 0 Å². The van der Waals surface area contributed by atoms with Gasteiger partial charge in [0.2, 0.25) is 0 Å². The molecule has 1 saturated heterocycles. The lowest BCUT2D eigenvalue weighted by Gasteiger charge is -2.33. The number of hydrogen-bond acceptors (Lipinski definition) is 5. The molecule has 156 valence electrons. The first-order valence-electron chi connectivity index (χ1n) is 10.4. The van der Waals surface area contributed by atoms with Crippen molar-refractivity contribution in [2.24, 2.45) is 0 Å². The van der Waals surface area contributed by atoms with Crippen molar-refractivity contribution in [2.75, 3.05) is 33.3 Å². The van der Waals surface area contributed by atoms with Crippen molar-refractivity contribution in [3.05, 3.63) is 47.5 Å². The molecule has 0 bridgehead atoms. The summed E-state index contributed by atoms with van der Waals surface area (Å²) in [6.07, 6.45) is 3.23. The van der Waals surface area contributed by atoms with Crippen LogP contribution in [0.2, 0.25) is 0 Å². The Kier molecular flexibility index (Phi) is 4.69. The van der Waals surface area contributed by atoms with E-state index in [1.165, 1.54) is 0 Å². The minimum absolute atomic E-state index is 0.0579. The van der Waals surface area contributed by atoms with Crippen molar-refractivity contribution < 1.29 is 18.7 Å². The molecular formula is C22H24N4O4. The lowest BCUT2D eigenvalue weighted by molar-refractivity contribution is 0.0516. The normalized spacial score (nSPS) is 16.6. The zero-order valence-electron chi connectivity index (χ0n) is 17.0. The number of hydrogen-bond donors (Lipinski definition) is 0. The second kappa shape index (κ2) is 7.51. The Morgan fingerprint density at radius 2 is 1.77 bits per heavy atom. The zero-order chi connectivity index (χ0) is 20.7. The van der Waals surface area contributed by atoms with Gasteiger partial charge >= 0.3 is 0 Å². The molecule has 2 aromatic heterocycles. The molecule has 0 unspecified atom stereocenters. The Bertz CT molecular complexity index is 1080. The average Bonchev–Trinajstić information content (AvgIpc) is 3.42.